The third kappa shape index (κ3) is 2.96. The Morgan fingerprint density at radius 3 is 2.60 bits per heavy atom. The lowest BCUT2D eigenvalue weighted by atomic mass is 9.85. The van der Waals surface area contributed by atoms with Crippen LogP contribution in [-0.4, -0.2) is 22.9 Å². The van der Waals surface area contributed by atoms with Crippen LogP contribution in [0.15, 0.2) is 18.2 Å². The molecule has 1 saturated heterocycles. The van der Waals surface area contributed by atoms with Crippen molar-refractivity contribution in [3.8, 4) is 0 Å². The maximum absolute atomic E-state index is 11.0. The molecule has 1 atom stereocenters. The largest absolute Gasteiger partial charge is 0.296 e. The maximum atomic E-state index is 11.0. The van der Waals surface area contributed by atoms with E-state index in [0.29, 0.717) is 6.04 Å². The predicted octanol–water partition coefficient (Wildman–Crippen LogP) is 3.88. The molecule has 1 aromatic carbocycles. The van der Waals surface area contributed by atoms with Gasteiger partial charge >= 0.3 is 0 Å². The van der Waals surface area contributed by atoms with Crippen molar-refractivity contribution in [2.24, 2.45) is 0 Å². The molecule has 0 aromatic heterocycles. The van der Waals surface area contributed by atoms with E-state index in [-0.39, 0.29) is 23.0 Å². The number of likely N-dealkylation sites (tertiary alicyclic amines) is 1. The molecule has 0 spiro atoms. The third-order valence-corrected chi connectivity index (χ3v) is 4.45. The Labute approximate surface area is 125 Å². The first-order valence-electron chi connectivity index (χ1n) is 7.27. The van der Waals surface area contributed by atoms with E-state index in [1.165, 1.54) is 36.8 Å². The fourth-order valence-corrected chi connectivity index (χ4v) is 3.48. The van der Waals surface area contributed by atoms with Gasteiger partial charge in [0.05, 0.1) is 4.92 Å². The van der Waals surface area contributed by atoms with E-state index in [1.807, 2.05) is 12.1 Å². The molecule has 3 rings (SSSR count). The van der Waals surface area contributed by atoms with Gasteiger partial charge in [-0.3, -0.25) is 15.0 Å². The average Bonchev–Trinajstić information content (AvgIpc) is 2.47. The molecule has 0 amide bonds. The summed E-state index contributed by atoms with van der Waals surface area (Å²) in [5.41, 5.74) is 2.76. The normalized spacial score (nSPS) is 22.7. The average molecular weight is 297 g/mol. The molecule has 5 heteroatoms. The number of aryl methyl sites for hydroxylation is 1. The molecule has 1 unspecified atom stereocenters. The smallest absolute Gasteiger partial charge is 0.269 e. The lowest BCUT2D eigenvalue weighted by Crippen LogP contribution is -2.35. The summed E-state index contributed by atoms with van der Waals surface area (Å²) in [5.74, 6) is 0. The maximum Gasteiger partial charge on any atom is 0.269 e. The van der Waals surface area contributed by atoms with Crippen LogP contribution in [0.1, 0.15) is 49.3 Å². The minimum atomic E-state index is -0.276. The summed E-state index contributed by atoms with van der Waals surface area (Å²) >= 11 is 0. The highest BCUT2D eigenvalue weighted by molar-refractivity contribution is 5.85. The number of rotatable bonds is 2. The molecular formula is C15H21ClN2O2. The van der Waals surface area contributed by atoms with E-state index in [1.54, 1.807) is 6.07 Å². The molecule has 0 bridgehead atoms. The first-order valence-corrected chi connectivity index (χ1v) is 7.27. The van der Waals surface area contributed by atoms with Gasteiger partial charge in [0.2, 0.25) is 0 Å². The zero-order valence-electron chi connectivity index (χ0n) is 11.6. The van der Waals surface area contributed by atoms with Crippen LogP contribution in [0.3, 0.4) is 0 Å². The van der Waals surface area contributed by atoms with Gasteiger partial charge in [-0.25, -0.2) is 0 Å². The predicted molar refractivity (Wildman–Crippen MR) is 81.4 cm³/mol. The highest BCUT2D eigenvalue weighted by Crippen LogP contribution is 2.37. The number of hydrogen-bond acceptors (Lipinski definition) is 3. The Kier molecular flexibility index (Phi) is 5.00. The van der Waals surface area contributed by atoms with Crippen molar-refractivity contribution in [1.29, 1.82) is 0 Å². The Morgan fingerprint density at radius 2 is 1.90 bits per heavy atom. The van der Waals surface area contributed by atoms with Gasteiger partial charge in [0.1, 0.15) is 0 Å². The van der Waals surface area contributed by atoms with Crippen LogP contribution < -0.4 is 0 Å². The Morgan fingerprint density at radius 1 is 1.15 bits per heavy atom. The molecule has 1 heterocycles. The van der Waals surface area contributed by atoms with E-state index in [4.69, 9.17) is 0 Å². The number of nitro groups is 1. The van der Waals surface area contributed by atoms with Crippen LogP contribution in [0.2, 0.25) is 0 Å². The van der Waals surface area contributed by atoms with Crippen molar-refractivity contribution in [2.45, 2.75) is 44.6 Å². The van der Waals surface area contributed by atoms with Crippen LogP contribution in [0.25, 0.3) is 0 Å². The summed E-state index contributed by atoms with van der Waals surface area (Å²) in [6.07, 6.45) is 7.27. The SMILES string of the molecule is Cl.O=[N+]([O-])c1ccc2c(c1)C(N1CCCCC1)CCC2. The van der Waals surface area contributed by atoms with Gasteiger partial charge in [-0.15, -0.1) is 12.4 Å². The van der Waals surface area contributed by atoms with Crippen LogP contribution >= 0.6 is 12.4 Å². The van der Waals surface area contributed by atoms with E-state index in [9.17, 15) is 10.1 Å². The fourth-order valence-electron chi connectivity index (χ4n) is 3.48. The molecule has 1 aliphatic carbocycles. The lowest BCUT2D eigenvalue weighted by Gasteiger charge is -2.38. The van der Waals surface area contributed by atoms with Gasteiger partial charge in [-0.2, -0.15) is 0 Å². The summed E-state index contributed by atoms with van der Waals surface area (Å²) < 4.78 is 0. The van der Waals surface area contributed by atoms with E-state index in [0.717, 1.165) is 25.9 Å². The molecule has 110 valence electrons. The van der Waals surface area contributed by atoms with Crippen LogP contribution in [0.4, 0.5) is 5.69 Å². The minimum absolute atomic E-state index is 0. The molecule has 1 aliphatic heterocycles. The van der Waals surface area contributed by atoms with Crippen molar-refractivity contribution in [1.82, 2.24) is 4.90 Å². The Balaban J connectivity index is 0.00000147. The number of hydrogen-bond donors (Lipinski definition) is 0. The fraction of sp³-hybridized carbons (Fsp3) is 0.600. The van der Waals surface area contributed by atoms with E-state index < -0.39 is 0 Å². The van der Waals surface area contributed by atoms with Crippen molar-refractivity contribution in [3.05, 3.63) is 39.4 Å². The van der Waals surface area contributed by atoms with Gasteiger partial charge in [0.15, 0.2) is 0 Å². The number of piperidine rings is 1. The van der Waals surface area contributed by atoms with E-state index >= 15 is 0 Å². The van der Waals surface area contributed by atoms with Gasteiger partial charge in [0, 0.05) is 18.2 Å². The summed E-state index contributed by atoms with van der Waals surface area (Å²) in [4.78, 5) is 13.2. The lowest BCUT2D eigenvalue weighted by molar-refractivity contribution is -0.385. The molecule has 1 fully saturated rings. The van der Waals surface area contributed by atoms with Gasteiger partial charge in [-0.1, -0.05) is 12.5 Å². The molecular weight excluding hydrogens is 276 g/mol. The summed E-state index contributed by atoms with van der Waals surface area (Å²) in [5, 5.41) is 11.0. The molecule has 0 saturated carbocycles. The monoisotopic (exact) mass is 296 g/mol. The van der Waals surface area contributed by atoms with Crippen LogP contribution in [-0.2, 0) is 6.42 Å². The van der Waals surface area contributed by atoms with Crippen molar-refractivity contribution < 1.29 is 4.92 Å². The number of halogens is 1. The second-order valence-electron chi connectivity index (χ2n) is 5.64. The number of benzene rings is 1. The van der Waals surface area contributed by atoms with E-state index in [2.05, 4.69) is 4.90 Å². The first-order chi connectivity index (χ1) is 9.25. The molecule has 4 nitrogen and oxygen atoms in total. The summed E-state index contributed by atoms with van der Waals surface area (Å²) in [7, 11) is 0. The molecule has 0 N–H and O–H groups in total. The zero-order chi connectivity index (χ0) is 13.2. The second kappa shape index (κ2) is 6.55. The number of nitro benzene ring substituents is 1. The Hall–Kier alpha value is -1.13. The molecule has 1 aromatic rings. The second-order valence-corrected chi connectivity index (χ2v) is 5.64. The van der Waals surface area contributed by atoms with Gasteiger partial charge in [0.25, 0.3) is 5.69 Å². The molecule has 20 heavy (non-hydrogen) atoms. The number of fused-ring (bicyclic) bond motifs is 1. The van der Waals surface area contributed by atoms with Crippen LogP contribution in [0, 0.1) is 10.1 Å². The van der Waals surface area contributed by atoms with Crippen molar-refractivity contribution in [3.63, 3.8) is 0 Å². The summed E-state index contributed by atoms with van der Waals surface area (Å²) in [6, 6.07) is 5.83. The van der Waals surface area contributed by atoms with Gasteiger partial charge < -0.3 is 0 Å². The standard InChI is InChI=1S/C15H20N2O2.ClH/c18-17(19)13-8-7-12-5-4-6-15(14(12)11-13)16-9-2-1-3-10-16;/h7-8,11,15H,1-6,9-10H2;1H. The highest BCUT2D eigenvalue weighted by Gasteiger charge is 2.28. The highest BCUT2D eigenvalue weighted by atomic mass is 35.5. The zero-order valence-corrected chi connectivity index (χ0v) is 12.4. The van der Waals surface area contributed by atoms with Crippen molar-refractivity contribution >= 4 is 18.1 Å². The molecule has 0 radical (unpaired) electrons. The topological polar surface area (TPSA) is 46.4 Å². The summed E-state index contributed by atoms with van der Waals surface area (Å²) in [6.45, 7) is 2.29. The number of non-ortho nitro benzene ring substituents is 1. The first kappa shape index (κ1) is 15.3. The van der Waals surface area contributed by atoms with Crippen molar-refractivity contribution in [2.75, 3.05) is 13.1 Å². The number of nitrogens with zero attached hydrogens (tertiary/aromatic N) is 2. The quantitative estimate of drug-likeness (QED) is 0.614. The molecule has 2 aliphatic rings. The Bertz CT molecular complexity index is 487. The van der Waals surface area contributed by atoms with Gasteiger partial charge in [-0.05, 0) is 56.3 Å². The minimum Gasteiger partial charge on any atom is -0.296 e. The third-order valence-electron chi connectivity index (χ3n) is 4.45. The van der Waals surface area contributed by atoms with Crippen LogP contribution in [0.5, 0.6) is 0 Å².